The van der Waals surface area contributed by atoms with E-state index in [-0.39, 0.29) is 32.4 Å². The third-order valence-corrected chi connectivity index (χ3v) is 2.64. The Balaban J connectivity index is 3.86. The first kappa shape index (κ1) is 20.2. The van der Waals surface area contributed by atoms with Crippen molar-refractivity contribution in [2.45, 2.75) is 31.4 Å². The van der Waals surface area contributed by atoms with Crippen molar-refractivity contribution in [2.75, 3.05) is 26.7 Å². The molecule has 0 aliphatic rings. The lowest BCUT2D eigenvalue weighted by atomic mass is 10.1. The van der Waals surface area contributed by atoms with E-state index in [1.54, 1.807) is 0 Å². The van der Waals surface area contributed by atoms with Crippen LogP contribution in [0.3, 0.4) is 0 Å². The van der Waals surface area contributed by atoms with E-state index >= 15 is 0 Å². The summed E-state index contributed by atoms with van der Waals surface area (Å²) in [5, 5.41) is 22.3. The first-order valence-electron chi connectivity index (χ1n) is 6.85. The predicted molar refractivity (Wildman–Crippen MR) is 78.3 cm³/mol. The van der Waals surface area contributed by atoms with E-state index in [0.29, 0.717) is 6.54 Å². The van der Waals surface area contributed by atoms with E-state index in [9.17, 15) is 19.5 Å². The average Bonchev–Trinajstić information content (AvgIpc) is 2.32. The summed E-state index contributed by atoms with van der Waals surface area (Å²) in [4.78, 5) is 32.5. The minimum absolute atomic E-state index is 0.0394. The Labute approximate surface area is 128 Å². The zero-order valence-electron chi connectivity index (χ0n) is 12.6. The maximum atomic E-state index is 11.6. The topological polar surface area (TPSA) is 171 Å². The quantitative estimate of drug-likeness (QED) is 0.163. The van der Waals surface area contributed by atoms with Gasteiger partial charge in [0.25, 0.3) is 0 Å². The molecule has 0 saturated heterocycles. The predicted octanol–water partition coefficient (Wildman–Crippen LogP) is -3.03. The second kappa shape index (κ2) is 10.9. The summed E-state index contributed by atoms with van der Waals surface area (Å²) in [6.45, 7) is 0.275. The molecule has 8 N–H and O–H groups in total. The van der Waals surface area contributed by atoms with Gasteiger partial charge in [-0.05, 0) is 6.42 Å². The Kier molecular flexibility index (Phi) is 10.0. The van der Waals surface area contributed by atoms with E-state index < -0.39 is 29.9 Å². The highest BCUT2D eigenvalue weighted by Crippen LogP contribution is 2.00. The van der Waals surface area contributed by atoms with Crippen LogP contribution in [0.15, 0.2) is 0 Å². The fourth-order valence-corrected chi connectivity index (χ4v) is 1.74. The molecule has 0 bridgehead atoms. The summed E-state index contributed by atoms with van der Waals surface area (Å²) in [6.07, 6.45) is -0.425. The summed E-state index contributed by atoms with van der Waals surface area (Å²) in [7, 11) is 1.43. The van der Waals surface area contributed by atoms with Crippen molar-refractivity contribution < 1.29 is 24.6 Å². The summed E-state index contributed by atoms with van der Waals surface area (Å²) in [5.74, 6) is -1.92. The molecule has 128 valence electrons. The van der Waals surface area contributed by atoms with Gasteiger partial charge in [0, 0.05) is 39.0 Å². The lowest BCUT2D eigenvalue weighted by Gasteiger charge is -2.19. The standard InChI is InChI=1S/C12H25N5O5/c1-17(7-12(21)22)16-11(20)5-8(13)4-9(18)6-15-3-2-10(14)19/h8-9,15,18H,2-7,13H2,1H3,(H2,14,19)(H,16,20)(H,21,22)/t8-,9-/m1/s1. The molecule has 10 nitrogen and oxygen atoms in total. The van der Waals surface area contributed by atoms with Gasteiger partial charge in [0.05, 0.1) is 6.10 Å². The molecule has 0 aromatic rings. The van der Waals surface area contributed by atoms with Gasteiger partial charge in [-0.15, -0.1) is 0 Å². The molecule has 0 spiro atoms. The first-order chi connectivity index (χ1) is 10.2. The van der Waals surface area contributed by atoms with Crippen molar-refractivity contribution in [1.82, 2.24) is 15.8 Å². The van der Waals surface area contributed by atoms with Crippen molar-refractivity contribution in [3.8, 4) is 0 Å². The van der Waals surface area contributed by atoms with E-state index in [1.807, 2.05) is 0 Å². The number of carbonyl (C=O) groups excluding carboxylic acids is 2. The fraction of sp³-hybridized carbons (Fsp3) is 0.750. The third-order valence-electron chi connectivity index (χ3n) is 2.64. The van der Waals surface area contributed by atoms with Gasteiger partial charge in [0.1, 0.15) is 6.54 Å². The Hall–Kier alpha value is -1.75. The molecule has 0 saturated carbocycles. The zero-order chi connectivity index (χ0) is 17.1. The minimum atomic E-state index is -1.07. The van der Waals surface area contributed by atoms with Gasteiger partial charge in [0.15, 0.2) is 0 Å². The smallest absolute Gasteiger partial charge is 0.319 e. The fourth-order valence-electron chi connectivity index (χ4n) is 1.74. The average molecular weight is 319 g/mol. The number of hydrogen-bond donors (Lipinski definition) is 6. The molecule has 0 heterocycles. The van der Waals surface area contributed by atoms with E-state index in [4.69, 9.17) is 16.6 Å². The number of likely N-dealkylation sites (N-methyl/N-ethyl adjacent to an activating group) is 1. The van der Waals surface area contributed by atoms with E-state index in [0.717, 1.165) is 5.01 Å². The minimum Gasteiger partial charge on any atom is -0.480 e. The molecule has 0 aromatic carbocycles. The van der Waals surface area contributed by atoms with Crippen LogP contribution in [-0.4, -0.2) is 71.8 Å². The number of nitrogens with zero attached hydrogens (tertiary/aromatic N) is 1. The number of aliphatic carboxylic acids is 1. The number of hydrogen-bond acceptors (Lipinski definition) is 7. The Morgan fingerprint density at radius 2 is 1.95 bits per heavy atom. The van der Waals surface area contributed by atoms with Gasteiger partial charge in [-0.25, -0.2) is 5.01 Å². The number of aliphatic hydroxyl groups is 1. The molecule has 2 atom stereocenters. The van der Waals surface area contributed by atoms with Gasteiger partial charge < -0.3 is 27.0 Å². The van der Waals surface area contributed by atoms with Crippen molar-refractivity contribution in [2.24, 2.45) is 11.5 Å². The van der Waals surface area contributed by atoms with Gasteiger partial charge in [0.2, 0.25) is 11.8 Å². The number of nitrogens with two attached hydrogens (primary N) is 2. The van der Waals surface area contributed by atoms with Gasteiger partial charge >= 0.3 is 5.97 Å². The van der Waals surface area contributed by atoms with Crippen LogP contribution in [0.1, 0.15) is 19.3 Å². The van der Waals surface area contributed by atoms with E-state index in [2.05, 4.69) is 10.7 Å². The summed E-state index contributed by atoms with van der Waals surface area (Å²) in [5.41, 5.74) is 13.1. The molecule has 0 aliphatic carbocycles. The molecule has 0 radical (unpaired) electrons. The van der Waals surface area contributed by atoms with Crippen LogP contribution >= 0.6 is 0 Å². The van der Waals surface area contributed by atoms with Gasteiger partial charge in [-0.3, -0.25) is 19.8 Å². The Morgan fingerprint density at radius 3 is 2.50 bits per heavy atom. The van der Waals surface area contributed by atoms with Crippen LogP contribution in [-0.2, 0) is 14.4 Å². The Bertz CT molecular complexity index is 379. The van der Waals surface area contributed by atoms with Crippen LogP contribution < -0.4 is 22.2 Å². The molecule has 0 unspecified atom stereocenters. The monoisotopic (exact) mass is 319 g/mol. The van der Waals surface area contributed by atoms with Crippen molar-refractivity contribution in [3.63, 3.8) is 0 Å². The van der Waals surface area contributed by atoms with E-state index in [1.165, 1.54) is 7.05 Å². The van der Waals surface area contributed by atoms with Gasteiger partial charge in [-0.1, -0.05) is 0 Å². The molecule has 0 aliphatic heterocycles. The van der Waals surface area contributed by atoms with Crippen LogP contribution in [0.5, 0.6) is 0 Å². The summed E-state index contributed by atoms with van der Waals surface area (Å²) >= 11 is 0. The van der Waals surface area contributed by atoms with Gasteiger partial charge in [-0.2, -0.15) is 0 Å². The molecule has 0 aromatic heterocycles. The molecular formula is C12H25N5O5. The number of amides is 2. The maximum absolute atomic E-state index is 11.6. The molecule has 0 fully saturated rings. The largest absolute Gasteiger partial charge is 0.480 e. The highest BCUT2D eigenvalue weighted by Gasteiger charge is 2.16. The number of carboxylic acids is 1. The molecule has 22 heavy (non-hydrogen) atoms. The SMILES string of the molecule is CN(CC(=O)O)NC(=O)C[C@H](N)C[C@@H](O)CNCCC(N)=O. The second-order valence-electron chi connectivity index (χ2n) is 5.06. The molecule has 0 rings (SSSR count). The third kappa shape index (κ3) is 12.0. The van der Waals surface area contributed by atoms with Crippen molar-refractivity contribution >= 4 is 17.8 Å². The lowest BCUT2D eigenvalue weighted by Crippen LogP contribution is -2.44. The first-order valence-corrected chi connectivity index (χ1v) is 6.85. The molecule has 2 amide bonds. The second-order valence-corrected chi connectivity index (χ2v) is 5.06. The van der Waals surface area contributed by atoms with Crippen LogP contribution in [0.4, 0.5) is 0 Å². The zero-order valence-corrected chi connectivity index (χ0v) is 12.6. The lowest BCUT2D eigenvalue weighted by molar-refractivity contribution is -0.139. The molecule has 10 heteroatoms. The van der Waals surface area contributed by atoms with Crippen LogP contribution in [0, 0.1) is 0 Å². The maximum Gasteiger partial charge on any atom is 0.319 e. The van der Waals surface area contributed by atoms with Crippen molar-refractivity contribution in [3.05, 3.63) is 0 Å². The van der Waals surface area contributed by atoms with Crippen LogP contribution in [0.2, 0.25) is 0 Å². The summed E-state index contributed by atoms with van der Waals surface area (Å²) in [6, 6.07) is -0.564. The number of hydrazine groups is 1. The highest BCUT2D eigenvalue weighted by atomic mass is 16.4. The number of nitrogens with one attached hydrogen (secondary N) is 2. The number of primary amides is 1. The highest BCUT2D eigenvalue weighted by molar-refractivity contribution is 5.76. The van der Waals surface area contributed by atoms with Crippen molar-refractivity contribution in [1.29, 1.82) is 0 Å². The molecular weight excluding hydrogens is 294 g/mol. The number of aliphatic hydroxyl groups excluding tert-OH is 1. The van der Waals surface area contributed by atoms with Crippen LogP contribution in [0.25, 0.3) is 0 Å². The Morgan fingerprint density at radius 1 is 1.32 bits per heavy atom. The number of carbonyl (C=O) groups is 3. The number of carboxylic acid groups (broad SMARTS) is 1. The normalized spacial score (nSPS) is 13.6. The summed E-state index contributed by atoms with van der Waals surface area (Å²) < 4.78 is 0. The number of rotatable bonds is 12.